The number of carbonyl (C=O) groups excluding carboxylic acids is 1. The molecule has 2 N–H and O–H groups in total. The van der Waals surface area contributed by atoms with Crippen LogP contribution in [0.4, 0.5) is 0 Å². The number of hydrogen-bond acceptors (Lipinski definition) is 3. The Morgan fingerprint density at radius 3 is 2.00 bits per heavy atom. The Balaban J connectivity index is 0.000000221. The summed E-state index contributed by atoms with van der Waals surface area (Å²) >= 11 is 0. The van der Waals surface area contributed by atoms with Crippen molar-refractivity contribution >= 4 is 5.78 Å². The predicted molar refractivity (Wildman–Crippen MR) is 62.8 cm³/mol. The highest BCUT2D eigenvalue weighted by atomic mass is 16.5. The summed E-state index contributed by atoms with van der Waals surface area (Å²) in [6.45, 7) is 8.37. The Kier molecular flexibility index (Phi) is 3.80. The molecule has 2 saturated carbocycles. The molecule has 2 aliphatic rings. The smallest absolute Gasteiger partial charge is 0.151 e. The van der Waals surface area contributed by atoms with Crippen molar-refractivity contribution in [2.45, 2.75) is 59.7 Å². The SMILES string of the molecule is CC12CCC(CC1=O)C2(C)C.CCC(O)O. The van der Waals surface area contributed by atoms with Crippen molar-refractivity contribution in [2.24, 2.45) is 16.7 Å². The lowest BCUT2D eigenvalue weighted by Gasteiger charge is -2.32. The first kappa shape index (κ1) is 13.7. The molecule has 2 bridgehead atoms. The van der Waals surface area contributed by atoms with Crippen molar-refractivity contribution in [1.82, 2.24) is 0 Å². The summed E-state index contributed by atoms with van der Waals surface area (Å²) in [6.07, 6.45) is 2.55. The van der Waals surface area contributed by atoms with Crippen LogP contribution in [-0.2, 0) is 4.79 Å². The number of hydrogen-bond donors (Lipinski definition) is 2. The first-order chi connectivity index (χ1) is 7.25. The third-order valence-electron chi connectivity index (χ3n) is 4.85. The topological polar surface area (TPSA) is 57.5 Å². The van der Waals surface area contributed by atoms with Crippen LogP contribution >= 0.6 is 0 Å². The highest BCUT2D eigenvalue weighted by molar-refractivity contribution is 5.89. The quantitative estimate of drug-likeness (QED) is 0.676. The van der Waals surface area contributed by atoms with Crippen LogP contribution in [0.25, 0.3) is 0 Å². The van der Waals surface area contributed by atoms with E-state index in [-0.39, 0.29) is 10.8 Å². The number of rotatable bonds is 1. The van der Waals surface area contributed by atoms with Crippen LogP contribution in [0.3, 0.4) is 0 Å². The van der Waals surface area contributed by atoms with Gasteiger partial charge in [-0.1, -0.05) is 27.7 Å². The Morgan fingerprint density at radius 1 is 1.38 bits per heavy atom. The normalized spacial score (nSPS) is 35.2. The maximum absolute atomic E-state index is 11.6. The molecule has 0 saturated heterocycles. The van der Waals surface area contributed by atoms with Crippen LogP contribution in [0.1, 0.15) is 53.4 Å². The molecular weight excluding hydrogens is 204 g/mol. The van der Waals surface area contributed by atoms with Gasteiger partial charge in [0.1, 0.15) is 5.78 Å². The minimum atomic E-state index is -1.12. The van der Waals surface area contributed by atoms with Gasteiger partial charge < -0.3 is 10.2 Å². The van der Waals surface area contributed by atoms with Crippen LogP contribution < -0.4 is 0 Å². The van der Waals surface area contributed by atoms with E-state index in [1.807, 2.05) is 0 Å². The van der Waals surface area contributed by atoms with Gasteiger partial charge in [-0.15, -0.1) is 0 Å². The van der Waals surface area contributed by atoms with E-state index in [1.54, 1.807) is 6.92 Å². The van der Waals surface area contributed by atoms with Crippen LogP contribution in [0, 0.1) is 16.7 Å². The summed E-state index contributed by atoms with van der Waals surface area (Å²) < 4.78 is 0. The molecular formula is C13H24O3. The zero-order valence-electron chi connectivity index (χ0n) is 10.8. The zero-order chi connectivity index (χ0) is 12.6. The average Bonchev–Trinajstić information content (AvgIpc) is 2.51. The second kappa shape index (κ2) is 4.46. The van der Waals surface area contributed by atoms with Crippen LogP contribution in [-0.4, -0.2) is 22.3 Å². The zero-order valence-corrected chi connectivity index (χ0v) is 10.8. The number of ketones is 1. The van der Waals surface area contributed by atoms with Gasteiger partial charge >= 0.3 is 0 Å². The number of aliphatic hydroxyl groups excluding tert-OH is 1. The molecule has 3 heteroatoms. The third-order valence-corrected chi connectivity index (χ3v) is 4.85. The van der Waals surface area contributed by atoms with Crippen molar-refractivity contribution in [3.8, 4) is 0 Å². The summed E-state index contributed by atoms with van der Waals surface area (Å²) in [5, 5.41) is 15.8. The molecule has 16 heavy (non-hydrogen) atoms. The molecule has 2 atom stereocenters. The van der Waals surface area contributed by atoms with Crippen molar-refractivity contribution in [3.05, 3.63) is 0 Å². The monoisotopic (exact) mass is 228 g/mol. The van der Waals surface area contributed by atoms with Gasteiger partial charge in [0.05, 0.1) is 0 Å². The van der Waals surface area contributed by atoms with Crippen LogP contribution in [0.5, 0.6) is 0 Å². The fraction of sp³-hybridized carbons (Fsp3) is 0.923. The molecule has 2 fully saturated rings. The van der Waals surface area contributed by atoms with E-state index in [4.69, 9.17) is 10.2 Å². The lowest BCUT2D eigenvalue weighted by atomic mass is 9.70. The molecule has 0 heterocycles. The fourth-order valence-corrected chi connectivity index (χ4v) is 2.90. The van der Waals surface area contributed by atoms with E-state index >= 15 is 0 Å². The molecule has 0 aliphatic heterocycles. The Hall–Kier alpha value is -0.410. The van der Waals surface area contributed by atoms with Crippen LogP contribution in [0.2, 0.25) is 0 Å². The number of carbonyl (C=O) groups is 1. The lowest BCUT2D eigenvalue weighted by molar-refractivity contribution is -0.128. The molecule has 2 aliphatic carbocycles. The van der Waals surface area contributed by atoms with E-state index in [0.717, 1.165) is 12.8 Å². The maximum Gasteiger partial charge on any atom is 0.151 e. The van der Waals surface area contributed by atoms with Crippen LogP contribution in [0.15, 0.2) is 0 Å². The molecule has 3 nitrogen and oxygen atoms in total. The predicted octanol–water partition coefficient (Wildman–Crippen LogP) is 2.11. The van der Waals surface area contributed by atoms with Crippen molar-refractivity contribution in [3.63, 3.8) is 0 Å². The first-order valence-electron chi connectivity index (χ1n) is 6.15. The van der Waals surface area contributed by atoms with Gasteiger partial charge in [-0.05, 0) is 30.6 Å². The van der Waals surface area contributed by atoms with Gasteiger partial charge in [0, 0.05) is 11.8 Å². The Morgan fingerprint density at radius 2 is 1.88 bits per heavy atom. The van der Waals surface area contributed by atoms with Gasteiger partial charge in [-0.3, -0.25) is 4.79 Å². The highest BCUT2D eigenvalue weighted by Crippen LogP contribution is 2.63. The van der Waals surface area contributed by atoms with Gasteiger partial charge in [0.25, 0.3) is 0 Å². The third kappa shape index (κ3) is 2.03. The second-order valence-electron chi connectivity index (χ2n) is 5.81. The largest absolute Gasteiger partial charge is 0.368 e. The first-order valence-corrected chi connectivity index (χ1v) is 6.15. The van der Waals surface area contributed by atoms with E-state index in [1.165, 1.54) is 6.42 Å². The Labute approximate surface area is 97.9 Å². The molecule has 0 aromatic rings. The van der Waals surface area contributed by atoms with Gasteiger partial charge in [-0.2, -0.15) is 0 Å². The van der Waals surface area contributed by atoms with Gasteiger partial charge in [-0.25, -0.2) is 0 Å². The maximum atomic E-state index is 11.6. The summed E-state index contributed by atoms with van der Waals surface area (Å²) in [4.78, 5) is 11.6. The summed E-state index contributed by atoms with van der Waals surface area (Å²) in [7, 11) is 0. The van der Waals surface area contributed by atoms with Gasteiger partial charge in [0.15, 0.2) is 6.29 Å². The molecule has 2 unspecified atom stereocenters. The number of Topliss-reactive ketones (excluding diaryl/α,β-unsaturated/α-hetero) is 1. The second-order valence-corrected chi connectivity index (χ2v) is 5.81. The molecule has 0 spiro atoms. The average molecular weight is 228 g/mol. The van der Waals surface area contributed by atoms with Gasteiger partial charge in [0.2, 0.25) is 0 Å². The highest BCUT2D eigenvalue weighted by Gasteiger charge is 2.61. The number of fused-ring (bicyclic) bond motifs is 2. The molecule has 0 radical (unpaired) electrons. The van der Waals surface area contributed by atoms with Crippen molar-refractivity contribution < 1.29 is 15.0 Å². The summed E-state index contributed by atoms with van der Waals surface area (Å²) in [5.41, 5.74) is 0.307. The minimum absolute atomic E-state index is 0.0255. The van der Waals surface area contributed by atoms with E-state index < -0.39 is 6.29 Å². The van der Waals surface area contributed by atoms with Crippen molar-refractivity contribution in [2.75, 3.05) is 0 Å². The fourth-order valence-electron chi connectivity index (χ4n) is 2.90. The number of aliphatic hydroxyl groups is 2. The minimum Gasteiger partial charge on any atom is -0.368 e. The molecule has 0 amide bonds. The molecule has 0 aromatic heterocycles. The Bertz CT molecular complexity index is 270. The standard InChI is InChI=1S/C10H16O.C3H8O2/c1-9(2)7-4-5-10(9,3)8(11)6-7;1-2-3(4)5/h7H,4-6H2,1-3H3;3-5H,2H2,1H3. The molecule has 2 rings (SSSR count). The van der Waals surface area contributed by atoms with E-state index in [0.29, 0.717) is 18.1 Å². The van der Waals surface area contributed by atoms with Crippen molar-refractivity contribution in [1.29, 1.82) is 0 Å². The lowest BCUT2D eigenvalue weighted by Crippen LogP contribution is -2.32. The molecule has 94 valence electrons. The van der Waals surface area contributed by atoms with E-state index in [2.05, 4.69) is 20.8 Å². The molecule has 0 aromatic carbocycles. The van der Waals surface area contributed by atoms with E-state index in [9.17, 15) is 4.79 Å². The summed E-state index contributed by atoms with van der Waals surface area (Å²) in [6, 6.07) is 0. The summed E-state index contributed by atoms with van der Waals surface area (Å²) in [5.74, 6) is 1.19.